The fraction of sp³-hybridized carbons (Fsp3) is 0.529. The fourth-order valence-corrected chi connectivity index (χ4v) is 3.74. The number of piperazine rings is 1. The van der Waals surface area contributed by atoms with E-state index in [4.69, 9.17) is 9.47 Å². The quantitative estimate of drug-likeness (QED) is 0.588. The number of benzene rings is 1. The van der Waals surface area contributed by atoms with E-state index < -0.39 is 0 Å². The summed E-state index contributed by atoms with van der Waals surface area (Å²) in [6.45, 7) is 4.95. The molecule has 3 heterocycles. The molecule has 2 amide bonds. The van der Waals surface area contributed by atoms with E-state index in [9.17, 15) is 9.59 Å². The first-order valence-electron chi connectivity index (χ1n) is 8.56. The predicted octanol–water partition coefficient (Wildman–Crippen LogP) is -2.50. The third kappa shape index (κ3) is 2.63. The van der Waals surface area contributed by atoms with E-state index in [0.29, 0.717) is 36.8 Å². The zero-order valence-electron chi connectivity index (χ0n) is 13.8. The number of hydrogen-bond donors (Lipinski definition) is 2. The Labute approximate surface area is 140 Å². The Balaban J connectivity index is 1.55. The number of likely N-dealkylation sites (N-methyl/N-ethyl adjacent to an activating group) is 1. The number of nitrogens with zero attached hydrogens (tertiary/aromatic N) is 1. The molecule has 2 saturated heterocycles. The van der Waals surface area contributed by atoms with E-state index in [2.05, 4.69) is 7.05 Å². The highest BCUT2D eigenvalue weighted by Crippen LogP contribution is 2.35. The third-order valence-electron chi connectivity index (χ3n) is 5.17. The second kappa shape index (κ2) is 6.07. The van der Waals surface area contributed by atoms with Crippen molar-refractivity contribution in [2.75, 3.05) is 51.3 Å². The van der Waals surface area contributed by atoms with E-state index in [-0.39, 0.29) is 17.9 Å². The minimum Gasteiger partial charge on any atom is -0.486 e. The van der Waals surface area contributed by atoms with Crippen LogP contribution in [0.2, 0.25) is 0 Å². The second-order valence-corrected chi connectivity index (χ2v) is 6.77. The first-order valence-corrected chi connectivity index (χ1v) is 8.56. The molecule has 7 nitrogen and oxygen atoms in total. The minimum absolute atomic E-state index is 0.0915. The number of rotatable bonds is 2. The lowest BCUT2D eigenvalue weighted by Crippen LogP contribution is -3.29. The maximum atomic E-state index is 12.9. The van der Waals surface area contributed by atoms with Crippen LogP contribution in [0.4, 0.5) is 5.69 Å². The summed E-state index contributed by atoms with van der Waals surface area (Å²) >= 11 is 0. The van der Waals surface area contributed by atoms with Crippen molar-refractivity contribution in [2.45, 2.75) is 12.5 Å². The topological polar surface area (TPSA) is 64.7 Å². The summed E-state index contributed by atoms with van der Waals surface area (Å²) in [5.74, 6) is 1.04. The molecule has 0 aliphatic carbocycles. The number of amides is 2. The smallest absolute Gasteiger partial charge is 0.292 e. The lowest BCUT2D eigenvalue weighted by atomic mass is 10.2. The number of imide groups is 1. The van der Waals surface area contributed by atoms with Crippen LogP contribution in [0.15, 0.2) is 18.2 Å². The molecular formula is C17H23N3O4+2. The van der Waals surface area contributed by atoms with E-state index in [1.807, 2.05) is 0 Å². The van der Waals surface area contributed by atoms with Gasteiger partial charge in [0.1, 0.15) is 39.4 Å². The third-order valence-corrected chi connectivity index (χ3v) is 5.17. The van der Waals surface area contributed by atoms with Gasteiger partial charge in [-0.3, -0.25) is 9.59 Å². The van der Waals surface area contributed by atoms with Crippen molar-refractivity contribution < 1.29 is 28.9 Å². The van der Waals surface area contributed by atoms with Crippen LogP contribution in [-0.2, 0) is 9.59 Å². The van der Waals surface area contributed by atoms with Gasteiger partial charge in [-0.25, -0.2) is 4.90 Å². The highest BCUT2D eigenvalue weighted by molar-refractivity contribution is 6.22. The highest BCUT2D eigenvalue weighted by Gasteiger charge is 2.46. The normalized spacial score (nSPS) is 29.9. The molecular weight excluding hydrogens is 310 g/mol. The summed E-state index contributed by atoms with van der Waals surface area (Å²) in [6, 6.07) is 5.01. The standard InChI is InChI=1S/C17H21N3O4/c1-18-4-6-19(7-5-18)13-11-16(21)20(17(13)22)12-2-3-14-15(10-12)24-9-8-23-14/h2-3,10,13H,4-9,11H2,1H3/p+2/t13-/m0/s1. The molecule has 0 bridgehead atoms. The summed E-state index contributed by atoms with van der Waals surface area (Å²) < 4.78 is 11.1. The zero-order valence-corrected chi connectivity index (χ0v) is 13.8. The highest BCUT2D eigenvalue weighted by atomic mass is 16.6. The van der Waals surface area contributed by atoms with Crippen LogP contribution in [0.1, 0.15) is 6.42 Å². The molecule has 1 atom stereocenters. The van der Waals surface area contributed by atoms with Gasteiger partial charge in [0.05, 0.1) is 19.2 Å². The molecule has 3 aliphatic rings. The average molecular weight is 333 g/mol. The van der Waals surface area contributed by atoms with Crippen LogP contribution < -0.4 is 24.2 Å². The molecule has 2 N–H and O–H groups in total. The molecule has 1 aromatic rings. The van der Waals surface area contributed by atoms with Crippen LogP contribution in [0.3, 0.4) is 0 Å². The van der Waals surface area contributed by atoms with Gasteiger partial charge in [0.25, 0.3) is 5.91 Å². The second-order valence-electron chi connectivity index (χ2n) is 6.77. The maximum Gasteiger partial charge on any atom is 0.292 e. The van der Waals surface area contributed by atoms with Gasteiger partial charge in [-0.15, -0.1) is 0 Å². The Morgan fingerprint density at radius 1 is 1.04 bits per heavy atom. The number of hydrogen-bond acceptors (Lipinski definition) is 4. The summed E-state index contributed by atoms with van der Waals surface area (Å²) in [5, 5.41) is 0. The summed E-state index contributed by atoms with van der Waals surface area (Å²) in [5.41, 5.74) is 0.580. The Morgan fingerprint density at radius 2 is 1.75 bits per heavy atom. The number of fused-ring (bicyclic) bond motifs is 1. The molecule has 128 valence electrons. The van der Waals surface area contributed by atoms with Gasteiger partial charge in [-0.05, 0) is 12.1 Å². The molecule has 24 heavy (non-hydrogen) atoms. The van der Waals surface area contributed by atoms with Gasteiger partial charge in [0.15, 0.2) is 17.5 Å². The average Bonchev–Trinajstić information content (AvgIpc) is 2.90. The molecule has 0 saturated carbocycles. The minimum atomic E-state index is -0.251. The van der Waals surface area contributed by atoms with E-state index in [1.54, 1.807) is 18.2 Å². The van der Waals surface area contributed by atoms with Gasteiger partial charge in [0, 0.05) is 6.07 Å². The first-order chi connectivity index (χ1) is 11.6. The van der Waals surface area contributed by atoms with E-state index >= 15 is 0 Å². The van der Waals surface area contributed by atoms with Gasteiger partial charge in [-0.2, -0.15) is 0 Å². The molecule has 3 aliphatic heterocycles. The fourth-order valence-electron chi connectivity index (χ4n) is 3.74. The Morgan fingerprint density at radius 3 is 2.50 bits per heavy atom. The van der Waals surface area contributed by atoms with Crippen molar-refractivity contribution in [1.29, 1.82) is 0 Å². The van der Waals surface area contributed by atoms with Gasteiger partial charge >= 0.3 is 0 Å². The van der Waals surface area contributed by atoms with Gasteiger partial charge < -0.3 is 19.3 Å². The number of carbonyl (C=O) groups is 2. The van der Waals surface area contributed by atoms with Crippen molar-refractivity contribution in [3.05, 3.63) is 18.2 Å². The largest absolute Gasteiger partial charge is 0.486 e. The summed E-state index contributed by atoms with van der Waals surface area (Å²) in [7, 11) is 2.17. The predicted molar refractivity (Wildman–Crippen MR) is 85.6 cm³/mol. The molecule has 0 spiro atoms. The van der Waals surface area contributed by atoms with Crippen molar-refractivity contribution in [3.63, 3.8) is 0 Å². The van der Waals surface area contributed by atoms with Crippen molar-refractivity contribution >= 4 is 17.5 Å². The van der Waals surface area contributed by atoms with E-state index in [1.165, 1.54) is 14.7 Å². The molecule has 7 heteroatoms. The van der Waals surface area contributed by atoms with Crippen molar-refractivity contribution in [2.24, 2.45) is 0 Å². The number of nitrogens with one attached hydrogen (secondary N) is 2. The Hall–Kier alpha value is -2.12. The monoisotopic (exact) mass is 333 g/mol. The van der Waals surface area contributed by atoms with Crippen LogP contribution in [0.5, 0.6) is 11.5 Å². The number of anilines is 1. The summed E-state index contributed by atoms with van der Waals surface area (Å²) in [4.78, 5) is 29.4. The molecule has 0 unspecified atom stereocenters. The molecule has 1 aromatic carbocycles. The molecule has 2 fully saturated rings. The number of carbonyl (C=O) groups excluding carboxylic acids is 2. The van der Waals surface area contributed by atoms with Crippen LogP contribution >= 0.6 is 0 Å². The zero-order chi connectivity index (χ0) is 16.7. The van der Waals surface area contributed by atoms with Crippen molar-refractivity contribution in [1.82, 2.24) is 0 Å². The van der Waals surface area contributed by atoms with Crippen molar-refractivity contribution in [3.8, 4) is 11.5 Å². The molecule has 4 rings (SSSR count). The SMILES string of the molecule is C[NH+]1CC[NH+]([C@H]2CC(=O)N(c3ccc4c(c3)OCCO4)C2=O)CC1. The maximum absolute atomic E-state index is 12.9. The molecule has 0 aromatic heterocycles. The van der Waals surface area contributed by atoms with Gasteiger partial charge in [0.2, 0.25) is 5.91 Å². The van der Waals surface area contributed by atoms with Crippen LogP contribution in [0.25, 0.3) is 0 Å². The lowest BCUT2D eigenvalue weighted by molar-refractivity contribution is -1.01. The van der Waals surface area contributed by atoms with Crippen LogP contribution in [-0.4, -0.2) is 64.3 Å². The Bertz CT molecular complexity index is 670. The number of ether oxygens (including phenoxy) is 2. The lowest BCUT2D eigenvalue weighted by Gasteiger charge is -2.30. The Kier molecular flexibility index (Phi) is 3.90. The van der Waals surface area contributed by atoms with E-state index in [0.717, 1.165) is 26.2 Å². The van der Waals surface area contributed by atoms with Crippen LogP contribution in [0, 0.1) is 0 Å². The molecule has 0 radical (unpaired) electrons. The van der Waals surface area contributed by atoms with Gasteiger partial charge in [-0.1, -0.05) is 0 Å². The first kappa shape index (κ1) is 15.4. The summed E-state index contributed by atoms with van der Waals surface area (Å²) in [6.07, 6.45) is 0.293. The number of quaternary nitrogens is 2.